The summed E-state index contributed by atoms with van der Waals surface area (Å²) in [7, 11) is 0. The van der Waals surface area contributed by atoms with E-state index in [1.54, 1.807) is 6.07 Å². The summed E-state index contributed by atoms with van der Waals surface area (Å²) in [5, 5.41) is 10.3. The van der Waals surface area contributed by atoms with E-state index < -0.39 is 0 Å². The Kier molecular flexibility index (Phi) is 5.30. The van der Waals surface area contributed by atoms with Gasteiger partial charge in [-0.05, 0) is 73.9 Å². The molecular weight excluding hydrogens is 366 g/mol. The molecule has 0 spiro atoms. The third-order valence-electron chi connectivity index (χ3n) is 4.46. The van der Waals surface area contributed by atoms with Crippen LogP contribution < -0.4 is 16.0 Å². The smallest absolute Gasteiger partial charge is 0.255 e. The molecule has 1 aliphatic heterocycles. The number of anilines is 1. The fourth-order valence-corrected chi connectivity index (χ4v) is 3.42. The normalized spacial score (nSPS) is 16.8. The van der Waals surface area contributed by atoms with Gasteiger partial charge in [-0.1, -0.05) is 29.8 Å². The Morgan fingerprint density at radius 2 is 1.88 bits per heavy atom. The number of amides is 1. The molecule has 1 heterocycles. The summed E-state index contributed by atoms with van der Waals surface area (Å²) in [6, 6.07) is 12.9. The molecule has 0 radical (unpaired) electrons. The number of carbonyl (C=O) groups is 1. The van der Waals surface area contributed by atoms with Crippen LogP contribution >= 0.6 is 23.8 Å². The van der Waals surface area contributed by atoms with Crippen LogP contribution in [0.25, 0.3) is 0 Å². The second-order valence-corrected chi connectivity index (χ2v) is 7.22. The van der Waals surface area contributed by atoms with Crippen LogP contribution in [0.1, 0.15) is 29.7 Å². The standard InChI is InChI=1S/C20H20ClN3OS/c1-11-7-8-16(9-12(11)2)23-19(25)17-13(3)22-20(26)24-18(17)14-5-4-6-15(21)10-14/h4-10,18H,1-3H3,(H,23,25)(H2,22,24,26)/t18-/m1/s1. The molecule has 6 heteroatoms. The van der Waals surface area contributed by atoms with Crippen molar-refractivity contribution in [3.05, 3.63) is 75.4 Å². The zero-order chi connectivity index (χ0) is 18.8. The maximum atomic E-state index is 13.0. The first-order chi connectivity index (χ1) is 12.3. The topological polar surface area (TPSA) is 53.2 Å². The summed E-state index contributed by atoms with van der Waals surface area (Å²) in [5.74, 6) is -0.182. The maximum absolute atomic E-state index is 13.0. The van der Waals surface area contributed by atoms with E-state index in [1.165, 1.54) is 5.56 Å². The van der Waals surface area contributed by atoms with Crippen molar-refractivity contribution in [1.29, 1.82) is 0 Å². The van der Waals surface area contributed by atoms with Crippen molar-refractivity contribution in [2.45, 2.75) is 26.8 Å². The van der Waals surface area contributed by atoms with Crippen LogP contribution in [0.2, 0.25) is 5.02 Å². The molecule has 0 aliphatic carbocycles. The van der Waals surface area contributed by atoms with E-state index in [0.29, 0.717) is 15.7 Å². The zero-order valence-corrected chi connectivity index (χ0v) is 16.4. The molecule has 4 nitrogen and oxygen atoms in total. The average Bonchev–Trinajstić information content (AvgIpc) is 2.57. The van der Waals surface area contributed by atoms with E-state index in [1.807, 2.05) is 57.2 Å². The lowest BCUT2D eigenvalue weighted by Gasteiger charge is -2.30. The second kappa shape index (κ2) is 7.48. The Morgan fingerprint density at radius 1 is 1.12 bits per heavy atom. The van der Waals surface area contributed by atoms with Gasteiger partial charge in [0.15, 0.2) is 5.11 Å². The fraction of sp³-hybridized carbons (Fsp3) is 0.200. The van der Waals surface area contributed by atoms with E-state index in [4.69, 9.17) is 23.8 Å². The van der Waals surface area contributed by atoms with Crippen molar-refractivity contribution in [3.8, 4) is 0 Å². The molecule has 2 aromatic carbocycles. The summed E-state index contributed by atoms with van der Waals surface area (Å²) in [6.45, 7) is 5.91. The first-order valence-electron chi connectivity index (χ1n) is 8.27. The highest BCUT2D eigenvalue weighted by Crippen LogP contribution is 2.29. The van der Waals surface area contributed by atoms with Crippen LogP contribution in [0.15, 0.2) is 53.7 Å². The molecule has 3 rings (SSSR count). The van der Waals surface area contributed by atoms with Crippen molar-refractivity contribution in [1.82, 2.24) is 10.6 Å². The molecule has 0 saturated carbocycles. The molecule has 2 aromatic rings. The minimum Gasteiger partial charge on any atom is -0.351 e. The molecule has 0 aromatic heterocycles. The third-order valence-corrected chi connectivity index (χ3v) is 4.92. The Bertz CT molecular complexity index is 923. The Labute approximate surface area is 163 Å². The Morgan fingerprint density at radius 3 is 2.58 bits per heavy atom. The lowest BCUT2D eigenvalue weighted by atomic mass is 9.95. The van der Waals surface area contributed by atoms with Gasteiger partial charge < -0.3 is 16.0 Å². The number of allylic oxidation sites excluding steroid dienone is 1. The highest BCUT2D eigenvalue weighted by molar-refractivity contribution is 7.80. The minimum absolute atomic E-state index is 0.182. The molecule has 26 heavy (non-hydrogen) atoms. The number of aryl methyl sites for hydroxylation is 2. The van der Waals surface area contributed by atoms with Crippen LogP contribution in [0.3, 0.4) is 0 Å². The number of benzene rings is 2. The molecule has 0 bridgehead atoms. The third kappa shape index (κ3) is 3.89. The summed E-state index contributed by atoms with van der Waals surface area (Å²) in [4.78, 5) is 13.0. The van der Waals surface area contributed by atoms with Gasteiger partial charge in [-0.15, -0.1) is 0 Å². The highest BCUT2D eigenvalue weighted by atomic mass is 35.5. The van der Waals surface area contributed by atoms with E-state index in [-0.39, 0.29) is 11.9 Å². The fourth-order valence-electron chi connectivity index (χ4n) is 2.95. The zero-order valence-electron chi connectivity index (χ0n) is 14.8. The average molecular weight is 386 g/mol. The van der Waals surface area contributed by atoms with Crippen molar-refractivity contribution < 1.29 is 4.79 Å². The van der Waals surface area contributed by atoms with E-state index in [2.05, 4.69) is 16.0 Å². The van der Waals surface area contributed by atoms with Gasteiger partial charge in [0.25, 0.3) is 5.91 Å². The van der Waals surface area contributed by atoms with Gasteiger partial charge in [-0.3, -0.25) is 4.79 Å². The Hall–Kier alpha value is -2.37. The van der Waals surface area contributed by atoms with Gasteiger partial charge >= 0.3 is 0 Å². The number of nitrogens with one attached hydrogen (secondary N) is 3. The van der Waals surface area contributed by atoms with Gasteiger partial charge in [-0.2, -0.15) is 0 Å². The molecule has 3 N–H and O–H groups in total. The van der Waals surface area contributed by atoms with E-state index in [0.717, 1.165) is 22.5 Å². The van der Waals surface area contributed by atoms with Gasteiger partial charge in [-0.25, -0.2) is 0 Å². The van der Waals surface area contributed by atoms with E-state index >= 15 is 0 Å². The molecule has 1 amide bonds. The predicted octanol–water partition coefficient (Wildman–Crippen LogP) is 4.39. The number of hydrogen-bond acceptors (Lipinski definition) is 2. The van der Waals surface area contributed by atoms with Crippen molar-refractivity contribution in [2.24, 2.45) is 0 Å². The van der Waals surface area contributed by atoms with Crippen LogP contribution in [-0.2, 0) is 4.79 Å². The van der Waals surface area contributed by atoms with Crippen LogP contribution in [0.5, 0.6) is 0 Å². The SMILES string of the molecule is CC1=C(C(=O)Nc2ccc(C)c(C)c2)[C@@H](c2cccc(Cl)c2)NC(=S)N1. The Balaban J connectivity index is 1.95. The molecule has 134 valence electrons. The van der Waals surface area contributed by atoms with Crippen LogP contribution in [-0.4, -0.2) is 11.0 Å². The number of halogens is 1. The maximum Gasteiger partial charge on any atom is 0.255 e. The van der Waals surface area contributed by atoms with Crippen LogP contribution in [0.4, 0.5) is 5.69 Å². The molecule has 0 fully saturated rings. The van der Waals surface area contributed by atoms with Gasteiger partial charge in [0.2, 0.25) is 0 Å². The number of rotatable bonds is 3. The summed E-state index contributed by atoms with van der Waals surface area (Å²) in [5.41, 5.74) is 5.25. The molecule has 1 aliphatic rings. The van der Waals surface area contributed by atoms with E-state index in [9.17, 15) is 4.79 Å². The van der Waals surface area contributed by atoms with Gasteiger partial charge in [0, 0.05) is 16.4 Å². The predicted molar refractivity (Wildman–Crippen MR) is 110 cm³/mol. The number of hydrogen-bond donors (Lipinski definition) is 3. The largest absolute Gasteiger partial charge is 0.351 e. The van der Waals surface area contributed by atoms with Crippen molar-refractivity contribution in [3.63, 3.8) is 0 Å². The summed E-state index contributed by atoms with van der Waals surface area (Å²) >= 11 is 11.4. The summed E-state index contributed by atoms with van der Waals surface area (Å²) < 4.78 is 0. The van der Waals surface area contributed by atoms with Gasteiger partial charge in [0.1, 0.15) is 0 Å². The quantitative estimate of drug-likeness (QED) is 0.686. The highest BCUT2D eigenvalue weighted by Gasteiger charge is 2.30. The van der Waals surface area contributed by atoms with Crippen LogP contribution in [0, 0.1) is 13.8 Å². The number of carbonyl (C=O) groups excluding carboxylic acids is 1. The molecular formula is C20H20ClN3OS. The first-order valence-corrected chi connectivity index (χ1v) is 9.06. The lowest BCUT2D eigenvalue weighted by Crippen LogP contribution is -2.45. The first kappa shape index (κ1) is 18.4. The number of thiocarbonyl (C=S) groups is 1. The monoisotopic (exact) mass is 385 g/mol. The second-order valence-electron chi connectivity index (χ2n) is 6.38. The molecule has 1 atom stereocenters. The minimum atomic E-state index is -0.367. The molecule has 0 saturated heterocycles. The molecule has 0 unspecified atom stereocenters. The summed E-state index contributed by atoms with van der Waals surface area (Å²) in [6.07, 6.45) is 0. The van der Waals surface area contributed by atoms with Crippen molar-refractivity contribution >= 4 is 40.5 Å². The lowest BCUT2D eigenvalue weighted by molar-refractivity contribution is -0.113. The van der Waals surface area contributed by atoms with Gasteiger partial charge in [0.05, 0.1) is 11.6 Å². The van der Waals surface area contributed by atoms with Crippen molar-refractivity contribution in [2.75, 3.05) is 5.32 Å².